The Balaban J connectivity index is 1.82. The van der Waals surface area contributed by atoms with E-state index >= 15 is 0 Å². The van der Waals surface area contributed by atoms with Gasteiger partial charge in [-0.25, -0.2) is 4.79 Å². The minimum absolute atomic E-state index is 0.0316. The first-order valence-corrected chi connectivity index (χ1v) is 7.87. The van der Waals surface area contributed by atoms with Crippen LogP contribution in [0.1, 0.15) is 64.2 Å². The number of carboxylic acids is 1. The Labute approximate surface area is 120 Å². The van der Waals surface area contributed by atoms with E-state index in [0.717, 1.165) is 38.6 Å². The third kappa shape index (κ3) is 4.39. The molecule has 2 fully saturated rings. The Morgan fingerprint density at radius 2 is 1.70 bits per heavy atom. The van der Waals surface area contributed by atoms with Gasteiger partial charge in [-0.2, -0.15) is 0 Å². The summed E-state index contributed by atoms with van der Waals surface area (Å²) in [5, 5.41) is 15.0. The van der Waals surface area contributed by atoms with Gasteiger partial charge in [0.2, 0.25) is 0 Å². The number of carbonyl (C=O) groups excluding carboxylic acids is 1. The molecule has 3 N–H and O–H groups in total. The summed E-state index contributed by atoms with van der Waals surface area (Å²) >= 11 is 0. The van der Waals surface area contributed by atoms with Crippen LogP contribution in [0, 0.1) is 5.92 Å². The number of carboxylic acid groups (broad SMARTS) is 1. The molecule has 2 amide bonds. The van der Waals surface area contributed by atoms with Gasteiger partial charge < -0.3 is 15.7 Å². The van der Waals surface area contributed by atoms with Gasteiger partial charge in [-0.1, -0.05) is 32.1 Å². The molecule has 20 heavy (non-hydrogen) atoms. The zero-order chi connectivity index (χ0) is 14.4. The molecular formula is C15H26N2O3. The van der Waals surface area contributed by atoms with E-state index < -0.39 is 11.5 Å². The number of urea groups is 1. The van der Waals surface area contributed by atoms with Gasteiger partial charge in [-0.3, -0.25) is 4.79 Å². The van der Waals surface area contributed by atoms with Gasteiger partial charge in [0, 0.05) is 6.54 Å². The quantitative estimate of drug-likeness (QED) is 0.725. The maximum absolute atomic E-state index is 12.0. The molecule has 0 atom stereocenters. The van der Waals surface area contributed by atoms with E-state index in [1.165, 1.54) is 25.7 Å². The van der Waals surface area contributed by atoms with Crippen LogP contribution in [0.25, 0.3) is 0 Å². The van der Waals surface area contributed by atoms with Crippen molar-refractivity contribution in [3.05, 3.63) is 0 Å². The molecule has 2 rings (SSSR count). The van der Waals surface area contributed by atoms with Crippen LogP contribution in [0.3, 0.4) is 0 Å². The zero-order valence-electron chi connectivity index (χ0n) is 12.1. The van der Waals surface area contributed by atoms with Crippen LogP contribution in [-0.2, 0) is 4.79 Å². The molecule has 0 unspecified atom stereocenters. The van der Waals surface area contributed by atoms with Crippen LogP contribution in [0.2, 0.25) is 0 Å². The largest absolute Gasteiger partial charge is 0.481 e. The molecule has 0 heterocycles. The van der Waals surface area contributed by atoms with Gasteiger partial charge in [0.1, 0.15) is 0 Å². The van der Waals surface area contributed by atoms with Crippen LogP contribution in [0.15, 0.2) is 0 Å². The number of aliphatic carboxylic acids is 1. The van der Waals surface area contributed by atoms with Gasteiger partial charge in [0.05, 0.1) is 12.0 Å². The fourth-order valence-electron chi connectivity index (χ4n) is 3.60. The first kappa shape index (κ1) is 15.1. The topological polar surface area (TPSA) is 78.4 Å². The Hall–Kier alpha value is -1.26. The van der Waals surface area contributed by atoms with Crippen molar-refractivity contribution in [3.63, 3.8) is 0 Å². The summed E-state index contributed by atoms with van der Waals surface area (Å²) in [5.74, 6) is -0.231. The van der Waals surface area contributed by atoms with Crippen molar-refractivity contribution in [1.82, 2.24) is 10.6 Å². The van der Waals surface area contributed by atoms with E-state index in [2.05, 4.69) is 10.6 Å². The van der Waals surface area contributed by atoms with Crippen LogP contribution in [-0.4, -0.2) is 29.2 Å². The van der Waals surface area contributed by atoms with E-state index in [1.54, 1.807) is 0 Å². The summed E-state index contributed by atoms with van der Waals surface area (Å²) in [6, 6.07) is -0.194. The maximum atomic E-state index is 12.0. The van der Waals surface area contributed by atoms with E-state index in [9.17, 15) is 9.59 Å². The lowest BCUT2D eigenvalue weighted by molar-refractivity contribution is -0.139. The number of carbonyl (C=O) groups is 2. The third-order valence-electron chi connectivity index (χ3n) is 4.71. The average Bonchev–Trinajstić information content (AvgIpc) is 2.89. The first-order chi connectivity index (χ1) is 9.60. The average molecular weight is 282 g/mol. The summed E-state index contributed by atoms with van der Waals surface area (Å²) in [5.41, 5.74) is -0.538. The molecule has 0 spiro atoms. The van der Waals surface area contributed by atoms with Crippen molar-refractivity contribution in [1.29, 1.82) is 0 Å². The number of amides is 2. The normalized spacial score (nSPS) is 22.4. The molecule has 0 saturated heterocycles. The maximum Gasteiger partial charge on any atom is 0.315 e. The second-order valence-corrected chi connectivity index (χ2v) is 6.40. The molecule has 0 bridgehead atoms. The molecule has 2 aliphatic carbocycles. The number of hydrogen-bond acceptors (Lipinski definition) is 2. The van der Waals surface area contributed by atoms with Crippen molar-refractivity contribution in [3.8, 4) is 0 Å². The molecule has 0 aromatic carbocycles. The molecular weight excluding hydrogens is 256 g/mol. The Morgan fingerprint density at radius 3 is 2.30 bits per heavy atom. The van der Waals surface area contributed by atoms with Gasteiger partial charge in [0.25, 0.3) is 0 Å². The van der Waals surface area contributed by atoms with Gasteiger partial charge >= 0.3 is 12.0 Å². The van der Waals surface area contributed by atoms with Crippen LogP contribution >= 0.6 is 0 Å². The summed E-state index contributed by atoms with van der Waals surface area (Å²) in [6.45, 7) is 0.717. The lowest BCUT2D eigenvalue weighted by Crippen LogP contribution is -2.54. The van der Waals surface area contributed by atoms with E-state index in [-0.39, 0.29) is 12.5 Å². The summed E-state index contributed by atoms with van der Waals surface area (Å²) in [4.78, 5) is 23.1. The molecule has 0 aromatic rings. The molecule has 0 aliphatic heterocycles. The molecule has 0 aromatic heterocycles. The number of hydrogen-bond donors (Lipinski definition) is 3. The van der Waals surface area contributed by atoms with Gasteiger partial charge in [-0.15, -0.1) is 0 Å². The molecule has 2 saturated carbocycles. The van der Waals surface area contributed by atoms with Crippen molar-refractivity contribution in [2.45, 2.75) is 69.7 Å². The number of nitrogens with one attached hydrogen (secondary N) is 2. The van der Waals surface area contributed by atoms with Crippen molar-refractivity contribution in [2.75, 3.05) is 6.54 Å². The van der Waals surface area contributed by atoms with Crippen LogP contribution in [0.4, 0.5) is 4.79 Å². The highest BCUT2D eigenvalue weighted by atomic mass is 16.4. The number of rotatable bonds is 5. The highest BCUT2D eigenvalue weighted by Crippen LogP contribution is 2.31. The predicted octanol–water partition coefficient (Wildman–Crippen LogP) is 2.65. The SMILES string of the molecule is O=C(O)CC1(NC(=O)NCC2CCCC2)CCCCC1. The summed E-state index contributed by atoms with van der Waals surface area (Å²) in [7, 11) is 0. The summed E-state index contributed by atoms with van der Waals surface area (Å²) < 4.78 is 0. The molecule has 2 aliphatic rings. The fraction of sp³-hybridized carbons (Fsp3) is 0.867. The Bertz CT molecular complexity index is 345. The van der Waals surface area contributed by atoms with Crippen LogP contribution < -0.4 is 10.6 Å². The van der Waals surface area contributed by atoms with Gasteiger partial charge in [0.15, 0.2) is 0 Å². The van der Waals surface area contributed by atoms with Crippen molar-refractivity contribution in [2.24, 2.45) is 5.92 Å². The Kier molecular flexibility index (Phi) is 5.26. The molecule has 114 valence electrons. The first-order valence-electron chi connectivity index (χ1n) is 7.87. The zero-order valence-corrected chi connectivity index (χ0v) is 12.1. The van der Waals surface area contributed by atoms with E-state index in [4.69, 9.17) is 5.11 Å². The summed E-state index contributed by atoms with van der Waals surface area (Å²) in [6.07, 6.45) is 9.62. The van der Waals surface area contributed by atoms with Crippen molar-refractivity contribution < 1.29 is 14.7 Å². The minimum Gasteiger partial charge on any atom is -0.481 e. The monoisotopic (exact) mass is 282 g/mol. The Morgan fingerprint density at radius 1 is 1.05 bits per heavy atom. The molecule has 5 nitrogen and oxygen atoms in total. The second-order valence-electron chi connectivity index (χ2n) is 6.40. The minimum atomic E-state index is -0.831. The highest BCUT2D eigenvalue weighted by molar-refractivity contribution is 5.76. The van der Waals surface area contributed by atoms with E-state index in [0.29, 0.717) is 5.92 Å². The molecule has 5 heteroatoms. The highest BCUT2D eigenvalue weighted by Gasteiger charge is 2.35. The standard InChI is InChI=1S/C15H26N2O3/c18-13(19)10-15(8-4-1-5-9-15)17-14(20)16-11-12-6-2-3-7-12/h12H,1-11H2,(H,18,19)(H2,16,17,20). The lowest BCUT2D eigenvalue weighted by Gasteiger charge is -2.37. The fourth-order valence-corrected chi connectivity index (χ4v) is 3.60. The third-order valence-corrected chi connectivity index (χ3v) is 4.71. The second kappa shape index (κ2) is 6.95. The predicted molar refractivity (Wildman–Crippen MR) is 76.6 cm³/mol. The van der Waals surface area contributed by atoms with Crippen molar-refractivity contribution >= 4 is 12.0 Å². The lowest BCUT2D eigenvalue weighted by atomic mass is 9.79. The van der Waals surface area contributed by atoms with Crippen LogP contribution in [0.5, 0.6) is 0 Å². The smallest absolute Gasteiger partial charge is 0.315 e. The van der Waals surface area contributed by atoms with Gasteiger partial charge in [-0.05, 0) is 31.6 Å². The van der Waals surface area contributed by atoms with E-state index in [1.807, 2.05) is 0 Å². The molecule has 0 radical (unpaired) electrons.